The van der Waals surface area contributed by atoms with Crippen molar-refractivity contribution in [2.24, 2.45) is 0 Å². The zero-order valence-electron chi connectivity index (χ0n) is 5.01. The maximum atomic E-state index is 3.84. The predicted molar refractivity (Wildman–Crippen MR) is 35.0 cm³/mol. The van der Waals surface area contributed by atoms with Crippen LogP contribution in [-0.2, 0) is 0 Å². The van der Waals surface area contributed by atoms with E-state index < -0.39 is 0 Å². The molecule has 0 unspecified atom stereocenters. The third-order valence-electron chi connectivity index (χ3n) is 0.931. The lowest BCUT2D eigenvalue weighted by atomic mass is 10.2. The second-order valence-electron chi connectivity index (χ2n) is 1.98. The summed E-state index contributed by atoms with van der Waals surface area (Å²) in [6.07, 6.45) is 2.91. The highest BCUT2D eigenvalue weighted by atomic mass is 32.1. The van der Waals surface area contributed by atoms with Gasteiger partial charge in [0.15, 0.2) is 0 Å². The average Bonchev–Trinajstić information content (AvgIpc) is 2.12. The van der Waals surface area contributed by atoms with Gasteiger partial charge in [0, 0.05) is 4.88 Å². The Morgan fingerprint density at radius 1 is 1.75 bits per heavy atom. The molecule has 0 aliphatic rings. The highest BCUT2D eigenvalue weighted by Crippen LogP contribution is 2.16. The van der Waals surface area contributed by atoms with Crippen LogP contribution < -0.4 is 0 Å². The monoisotopic (exact) mass is 126 g/mol. The Morgan fingerprint density at radius 3 is 2.75 bits per heavy atom. The van der Waals surface area contributed by atoms with Gasteiger partial charge in [-0.1, -0.05) is 13.8 Å². The van der Waals surface area contributed by atoms with Crippen LogP contribution in [0.5, 0.6) is 0 Å². The van der Waals surface area contributed by atoms with E-state index in [0.717, 1.165) is 0 Å². The Balaban J connectivity index is 2.77. The van der Waals surface area contributed by atoms with Crippen molar-refractivity contribution < 1.29 is 0 Å². The van der Waals surface area contributed by atoms with Crippen molar-refractivity contribution in [3.05, 3.63) is 16.6 Å². The van der Waals surface area contributed by atoms with Gasteiger partial charge in [-0.05, 0) is 5.92 Å². The van der Waals surface area contributed by atoms with Crippen LogP contribution in [0, 0.1) is 6.20 Å². The minimum Gasteiger partial charge on any atom is -0.243 e. The molecule has 43 valence electrons. The van der Waals surface area contributed by atoms with Gasteiger partial charge in [0.25, 0.3) is 0 Å². The zero-order valence-corrected chi connectivity index (χ0v) is 5.83. The molecule has 1 nitrogen and oxygen atoms in total. The molecule has 1 aromatic heterocycles. The standard InChI is InChI=1S/C6H8NS/c1-5(2)6-3-7-4-8-6/h4-5H,1-2H3. The number of nitrogens with zero attached hydrogens (tertiary/aromatic N) is 1. The smallest absolute Gasteiger partial charge is 0.104 e. The fourth-order valence-corrected chi connectivity index (χ4v) is 1.06. The maximum absolute atomic E-state index is 3.84. The van der Waals surface area contributed by atoms with Crippen LogP contribution in [0.25, 0.3) is 0 Å². The van der Waals surface area contributed by atoms with Crippen molar-refractivity contribution in [1.82, 2.24) is 4.98 Å². The molecule has 0 spiro atoms. The molecule has 0 fully saturated rings. The van der Waals surface area contributed by atoms with Crippen LogP contribution in [0.2, 0.25) is 0 Å². The zero-order chi connectivity index (χ0) is 5.98. The van der Waals surface area contributed by atoms with Gasteiger partial charge in [-0.25, -0.2) is 4.98 Å². The van der Waals surface area contributed by atoms with Crippen LogP contribution in [0.4, 0.5) is 0 Å². The Labute approximate surface area is 53.4 Å². The minimum atomic E-state index is 0.586. The third-order valence-corrected chi connectivity index (χ3v) is 1.96. The van der Waals surface area contributed by atoms with Gasteiger partial charge in [0.2, 0.25) is 0 Å². The van der Waals surface area contributed by atoms with E-state index in [1.165, 1.54) is 4.88 Å². The highest BCUT2D eigenvalue weighted by molar-refractivity contribution is 7.09. The van der Waals surface area contributed by atoms with Crippen molar-refractivity contribution in [2.75, 3.05) is 0 Å². The van der Waals surface area contributed by atoms with Crippen molar-refractivity contribution in [1.29, 1.82) is 0 Å². The van der Waals surface area contributed by atoms with Crippen LogP contribution >= 0.6 is 11.3 Å². The van der Waals surface area contributed by atoms with E-state index in [0.29, 0.717) is 5.92 Å². The molecule has 0 bridgehead atoms. The molecule has 0 aliphatic carbocycles. The molecule has 1 heterocycles. The summed E-state index contributed by atoms with van der Waals surface area (Å²) in [5.41, 5.74) is 1.81. The fourth-order valence-electron chi connectivity index (χ4n) is 0.465. The predicted octanol–water partition coefficient (Wildman–Crippen LogP) is 2.07. The first-order chi connectivity index (χ1) is 3.80. The number of rotatable bonds is 1. The van der Waals surface area contributed by atoms with E-state index in [1.807, 2.05) is 5.51 Å². The van der Waals surface area contributed by atoms with Crippen LogP contribution in [-0.4, -0.2) is 4.98 Å². The Morgan fingerprint density at radius 2 is 2.50 bits per heavy atom. The molecule has 0 aliphatic heterocycles. The van der Waals surface area contributed by atoms with Gasteiger partial charge in [-0.2, -0.15) is 0 Å². The molecule has 0 aromatic carbocycles. The fraction of sp³-hybridized carbons (Fsp3) is 0.500. The summed E-state index contributed by atoms with van der Waals surface area (Å²) in [5, 5.41) is 0. The average molecular weight is 126 g/mol. The van der Waals surface area contributed by atoms with E-state index in [2.05, 4.69) is 25.0 Å². The Kier molecular flexibility index (Phi) is 1.63. The second-order valence-corrected chi connectivity index (χ2v) is 2.87. The SMILES string of the molecule is CC(C)c1[c]ncs1. The van der Waals surface area contributed by atoms with Gasteiger partial charge in [0.1, 0.15) is 6.20 Å². The first-order valence-corrected chi connectivity index (χ1v) is 3.49. The van der Waals surface area contributed by atoms with E-state index in [4.69, 9.17) is 0 Å². The van der Waals surface area contributed by atoms with Crippen LogP contribution in [0.15, 0.2) is 5.51 Å². The summed E-state index contributed by atoms with van der Waals surface area (Å²) in [6, 6.07) is 0. The van der Waals surface area contributed by atoms with Gasteiger partial charge < -0.3 is 0 Å². The molecule has 1 rings (SSSR count). The van der Waals surface area contributed by atoms with Crippen LogP contribution in [0.3, 0.4) is 0 Å². The highest BCUT2D eigenvalue weighted by Gasteiger charge is 1.97. The largest absolute Gasteiger partial charge is 0.243 e. The summed E-state index contributed by atoms with van der Waals surface area (Å²) in [6.45, 7) is 4.29. The molecule has 0 saturated carbocycles. The molecule has 1 radical (unpaired) electrons. The molecule has 0 atom stereocenters. The lowest BCUT2D eigenvalue weighted by molar-refractivity contribution is 0.883. The minimum absolute atomic E-state index is 0.586. The van der Waals surface area contributed by atoms with Gasteiger partial charge in [-0.3, -0.25) is 0 Å². The van der Waals surface area contributed by atoms with E-state index in [-0.39, 0.29) is 0 Å². The van der Waals surface area contributed by atoms with Crippen LogP contribution in [0.1, 0.15) is 24.6 Å². The number of hydrogen-bond acceptors (Lipinski definition) is 2. The topological polar surface area (TPSA) is 12.9 Å². The number of thiazole rings is 1. The summed E-state index contributed by atoms with van der Waals surface area (Å²) >= 11 is 1.66. The molecule has 0 saturated heterocycles. The number of aromatic nitrogens is 1. The van der Waals surface area contributed by atoms with E-state index >= 15 is 0 Å². The van der Waals surface area contributed by atoms with Crippen molar-refractivity contribution >= 4 is 11.3 Å². The van der Waals surface area contributed by atoms with Gasteiger partial charge in [0.05, 0.1) is 5.51 Å². The van der Waals surface area contributed by atoms with Crippen molar-refractivity contribution in [3.63, 3.8) is 0 Å². The first kappa shape index (κ1) is 5.76. The molecule has 1 aromatic rings. The van der Waals surface area contributed by atoms with Crippen molar-refractivity contribution in [2.45, 2.75) is 19.8 Å². The normalized spacial score (nSPS) is 10.4. The van der Waals surface area contributed by atoms with E-state index in [9.17, 15) is 0 Å². The number of hydrogen-bond donors (Lipinski definition) is 0. The van der Waals surface area contributed by atoms with Gasteiger partial charge in [-0.15, -0.1) is 11.3 Å². The molecule has 0 amide bonds. The van der Waals surface area contributed by atoms with E-state index in [1.54, 1.807) is 11.3 Å². The molecule has 2 heteroatoms. The molecule has 8 heavy (non-hydrogen) atoms. The summed E-state index contributed by atoms with van der Waals surface area (Å²) < 4.78 is 0. The Bertz CT molecular complexity index is 144. The molecular weight excluding hydrogens is 118 g/mol. The lowest BCUT2D eigenvalue weighted by Gasteiger charge is -1.93. The summed E-state index contributed by atoms with van der Waals surface area (Å²) in [5.74, 6) is 0.586. The molecular formula is C6H8NS. The molecule has 0 N–H and O–H groups in total. The maximum Gasteiger partial charge on any atom is 0.104 e. The second kappa shape index (κ2) is 2.27. The first-order valence-electron chi connectivity index (χ1n) is 2.62. The Hall–Kier alpha value is -0.370. The third kappa shape index (κ3) is 1.07. The quantitative estimate of drug-likeness (QED) is 0.561. The lowest BCUT2D eigenvalue weighted by Crippen LogP contribution is -1.78. The summed E-state index contributed by atoms with van der Waals surface area (Å²) in [7, 11) is 0. The van der Waals surface area contributed by atoms with Crippen molar-refractivity contribution in [3.8, 4) is 0 Å². The summed E-state index contributed by atoms with van der Waals surface area (Å²) in [4.78, 5) is 5.08. The van der Waals surface area contributed by atoms with Gasteiger partial charge >= 0.3 is 0 Å².